The molecule has 5 heteroatoms. The van der Waals surface area contributed by atoms with Gasteiger partial charge in [-0.25, -0.2) is 0 Å². The van der Waals surface area contributed by atoms with Crippen molar-refractivity contribution >= 4 is 17.2 Å². The predicted molar refractivity (Wildman–Crippen MR) is 97.5 cm³/mol. The monoisotopic (exact) mass is 344 g/mol. The Morgan fingerprint density at radius 3 is 2.67 bits per heavy atom. The third-order valence-electron chi connectivity index (χ3n) is 4.93. The molecule has 1 fully saturated rings. The molecule has 0 aliphatic carbocycles. The van der Waals surface area contributed by atoms with E-state index < -0.39 is 0 Å². The van der Waals surface area contributed by atoms with Crippen LogP contribution in [0.5, 0.6) is 0 Å². The molecule has 1 aliphatic heterocycles. The first-order chi connectivity index (χ1) is 11.5. The molecule has 2 heterocycles. The van der Waals surface area contributed by atoms with E-state index in [0.29, 0.717) is 18.9 Å². The van der Waals surface area contributed by atoms with E-state index in [1.54, 1.807) is 4.57 Å². The molecule has 0 N–H and O–H groups in total. The fourth-order valence-electron chi connectivity index (χ4n) is 3.38. The molecule has 1 aromatic heterocycles. The molecule has 0 bridgehead atoms. The molecule has 3 rings (SSSR count). The van der Waals surface area contributed by atoms with E-state index in [1.165, 1.54) is 16.9 Å². The number of hydrogen-bond donors (Lipinski definition) is 0. The minimum absolute atomic E-state index is 0.0428. The average Bonchev–Trinajstić information content (AvgIpc) is 3.12. The molecule has 0 unspecified atom stereocenters. The second-order valence-corrected chi connectivity index (χ2v) is 7.76. The zero-order valence-corrected chi connectivity index (χ0v) is 15.1. The lowest BCUT2D eigenvalue weighted by molar-refractivity contribution is -0.130. The molecule has 1 amide bonds. The maximum Gasteiger partial charge on any atom is 0.307 e. The van der Waals surface area contributed by atoms with Gasteiger partial charge in [0.05, 0.1) is 0 Å². The number of amides is 1. The van der Waals surface area contributed by atoms with Crippen LogP contribution in [0, 0.1) is 19.8 Å². The zero-order valence-electron chi connectivity index (χ0n) is 14.3. The zero-order chi connectivity index (χ0) is 17.1. The van der Waals surface area contributed by atoms with Gasteiger partial charge in [0, 0.05) is 36.6 Å². The summed E-state index contributed by atoms with van der Waals surface area (Å²) in [5.74, 6) is 0.713. The first-order valence-corrected chi connectivity index (χ1v) is 9.35. The van der Waals surface area contributed by atoms with Crippen molar-refractivity contribution in [3.05, 3.63) is 56.1 Å². The molecule has 128 valence electrons. The molecule has 1 atom stereocenters. The minimum atomic E-state index is 0.0428. The Labute approximate surface area is 146 Å². The van der Waals surface area contributed by atoms with Crippen molar-refractivity contribution in [2.75, 3.05) is 13.1 Å². The number of nitrogens with zero attached hydrogens (tertiary/aromatic N) is 2. The number of rotatable bonds is 5. The van der Waals surface area contributed by atoms with Gasteiger partial charge in [0.1, 0.15) is 0 Å². The summed E-state index contributed by atoms with van der Waals surface area (Å²) < 4.78 is 1.73. The van der Waals surface area contributed by atoms with E-state index in [2.05, 4.69) is 24.3 Å². The highest BCUT2D eigenvalue weighted by Gasteiger charge is 2.26. The third kappa shape index (κ3) is 3.78. The van der Waals surface area contributed by atoms with Gasteiger partial charge >= 0.3 is 4.87 Å². The summed E-state index contributed by atoms with van der Waals surface area (Å²) in [6.07, 6.45) is 2.51. The summed E-state index contributed by atoms with van der Waals surface area (Å²) in [5, 5.41) is 0. The second kappa shape index (κ2) is 7.34. The van der Waals surface area contributed by atoms with Gasteiger partial charge in [-0.05, 0) is 38.2 Å². The summed E-state index contributed by atoms with van der Waals surface area (Å²) in [7, 11) is 0. The lowest BCUT2D eigenvalue weighted by atomic mass is 9.99. The van der Waals surface area contributed by atoms with Gasteiger partial charge in [0.15, 0.2) is 0 Å². The lowest BCUT2D eigenvalue weighted by Crippen LogP contribution is -2.30. The molecule has 1 aliphatic rings. The van der Waals surface area contributed by atoms with Gasteiger partial charge in [-0.15, -0.1) is 0 Å². The fraction of sp³-hybridized carbons (Fsp3) is 0.474. The van der Waals surface area contributed by atoms with Gasteiger partial charge in [-0.3, -0.25) is 9.59 Å². The molecule has 0 saturated carbocycles. The highest BCUT2D eigenvalue weighted by atomic mass is 32.1. The van der Waals surface area contributed by atoms with Crippen molar-refractivity contribution in [1.82, 2.24) is 9.47 Å². The normalized spacial score (nSPS) is 17.4. The Kier molecular flexibility index (Phi) is 5.19. The Hall–Kier alpha value is -1.88. The van der Waals surface area contributed by atoms with E-state index in [4.69, 9.17) is 0 Å². The first-order valence-electron chi connectivity index (χ1n) is 8.53. The highest BCUT2D eigenvalue weighted by molar-refractivity contribution is 7.09. The molecule has 0 radical (unpaired) electrons. The van der Waals surface area contributed by atoms with Crippen molar-refractivity contribution in [1.29, 1.82) is 0 Å². The summed E-state index contributed by atoms with van der Waals surface area (Å²) in [6.45, 7) is 6.07. The van der Waals surface area contributed by atoms with Crippen molar-refractivity contribution in [2.45, 2.75) is 39.7 Å². The van der Waals surface area contributed by atoms with Crippen molar-refractivity contribution in [2.24, 2.45) is 5.92 Å². The Bertz CT molecular complexity index is 763. The number of aryl methyl sites for hydroxylation is 1. The number of benzene rings is 1. The van der Waals surface area contributed by atoms with Crippen LogP contribution in [-0.2, 0) is 17.8 Å². The van der Waals surface area contributed by atoms with Crippen LogP contribution in [0.3, 0.4) is 0 Å². The highest BCUT2D eigenvalue weighted by Crippen LogP contribution is 2.21. The molecule has 2 aromatic rings. The molecule has 24 heavy (non-hydrogen) atoms. The maximum atomic E-state index is 12.5. The molecule has 1 saturated heterocycles. The van der Waals surface area contributed by atoms with Gasteiger partial charge in [-0.2, -0.15) is 0 Å². The van der Waals surface area contributed by atoms with E-state index >= 15 is 0 Å². The van der Waals surface area contributed by atoms with Crippen molar-refractivity contribution in [3.63, 3.8) is 0 Å². The largest absolute Gasteiger partial charge is 0.342 e. The van der Waals surface area contributed by atoms with Gasteiger partial charge in [-0.1, -0.05) is 41.7 Å². The lowest BCUT2D eigenvalue weighted by Gasteiger charge is -2.17. The smallest absolute Gasteiger partial charge is 0.307 e. The summed E-state index contributed by atoms with van der Waals surface area (Å²) in [5.41, 5.74) is 2.33. The quantitative estimate of drug-likeness (QED) is 0.837. The van der Waals surface area contributed by atoms with Crippen molar-refractivity contribution < 1.29 is 4.79 Å². The summed E-state index contributed by atoms with van der Waals surface area (Å²) in [6, 6.07) is 10.5. The number of likely N-dealkylation sites (tertiary alicyclic amines) is 1. The van der Waals surface area contributed by atoms with E-state index in [1.807, 2.05) is 24.8 Å². The first kappa shape index (κ1) is 17.0. The van der Waals surface area contributed by atoms with Crippen LogP contribution in [0.2, 0.25) is 0 Å². The van der Waals surface area contributed by atoms with E-state index in [0.717, 1.165) is 36.5 Å². The Morgan fingerprint density at radius 2 is 2.00 bits per heavy atom. The van der Waals surface area contributed by atoms with Crippen LogP contribution in [-0.4, -0.2) is 28.5 Å². The average molecular weight is 344 g/mol. The number of thiazole rings is 1. The number of carbonyl (C=O) groups is 1. The van der Waals surface area contributed by atoms with Crippen LogP contribution in [0.1, 0.15) is 29.0 Å². The fourth-order valence-corrected chi connectivity index (χ4v) is 4.24. The van der Waals surface area contributed by atoms with Crippen molar-refractivity contribution in [3.8, 4) is 0 Å². The number of hydrogen-bond acceptors (Lipinski definition) is 3. The minimum Gasteiger partial charge on any atom is -0.342 e. The van der Waals surface area contributed by atoms with Crippen LogP contribution >= 0.6 is 11.3 Å². The number of aromatic nitrogens is 1. The SMILES string of the molecule is Cc1sc(=O)n(CCC(=O)N2CC[C@H](Cc3ccccc3)C2)c1C. The van der Waals surface area contributed by atoms with E-state index in [-0.39, 0.29) is 10.8 Å². The molecule has 0 spiro atoms. The maximum absolute atomic E-state index is 12.5. The topological polar surface area (TPSA) is 42.3 Å². The van der Waals surface area contributed by atoms with Crippen LogP contribution in [0.15, 0.2) is 35.1 Å². The standard InChI is InChI=1S/C19H24N2O2S/c1-14-15(2)24-19(23)21(14)11-9-18(22)20-10-8-17(13-20)12-16-6-4-3-5-7-16/h3-7,17H,8-13H2,1-2H3/t17-/m1/s1. The molecule has 1 aromatic carbocycles. The van der Waals surface area contributed by atoms with Gasteiger partial charge in [0.25, 0.3) is 0 Å². The predicted octanol–water partition coefficient (Wildman–Crippen LogP) is 3.01. The number of carbonyl (C=O) groups excluding carboxylic acids is 1. The summed E-state index contributed by atoms with van der Waals surface area (Å²) >= 11 is 1.26. The summed E-state index contributed by atoms with van der Waals surface area (Å²) in [4.78, 5) is 27.4. The van der Waals surface area contributed by atoms with Gasteiger partial charge in [0.2, 0.25) is 5.91 Å². The van der Waals surface area contributed by atoms with Crippen LogP contribution in [0.4, 0.5) is 0 Å². The second-order valence-electron chi connectivity index (χ2n) is 6.60. The molecular weight excluding hydrogens is 320 g/mol. The van der Waals surface area contributed by atoms with Crippen LogP contribution in [0.25, 0.3) is 0 Å². The Balaban J connectivity index is 1.52. The Morgan fingerprint density at radius 1 is 1.25 bits per heavy atom. The molecule has 4 nitrogen and oxygen atoms in total. The third-order valence-corrected chi connectivity index (χ3v) is 5.93. The van der Waals surface area contributed by atoms with E-state index in [9.17, 15) is 9.59 Å². The van der Waals surface area contributed by atoms with Crippen LogP contribution < -0.4 is 4.87 Å². The van der Waals surface area contributed by atoms with Gasteiger partial charge < -0.3 is 9.47 Å². The molecular formula is C19H24N2O2S.